The fraction of sp³-hybridized carbons (Fsp3) is 0.0476. The third kappa shape index (κ3) is 4.87. The molecule has 0 aromatic heterocycles. The molecule has 0 radical (unpaired) electrons. The maximum Gasteiger partial charge on any atom is 0.326 e. The van der Waals surface area contributed by atoms with Crippen LogP contribution in [-0.2, 0) is 0 Å². The van der Waals surface area contributed by atoms with Crippen molar-refractivity contribution in [2.45, 2.75) is 6.92 Å². The van der Waals surface area contributed by atoms with E-state index in [4.69, 9.17) is 16.3 Å². The molecule has 0 aliphatic carbocycles. The van der Waals surface area contributed by atoms with Gasteiger partial charge in [-0.05, 0) is 31.2 Å². The van der Waals surface area contributed by atoms with Crippen LogP contribution >= 0.6 is 11.6 Å². The van der Waals surface area contributed by atoms with E-state index in [0.717, 1.165) is 37.3 Å². The van der Waals surface area contributed by atoms with Crippen LogP contribution in [0.4, 0.5) is 36.8 Å². The van der Waals surface area contributed by atoms with Crippen molar-refractivity contribution >= 4 is 29.2 Å². The van der Waals surface area contributed by atoms with E-state index in [1.54, 1.807) is 5.32 Å². The molecule has 3 rings (SSSR count). The lowest BCUT2D eigenvalue weighted by Crippen LogP contribution is -2.35. The van der Waals surface area contributed by atoms with Gasteiger partial charge in [-0.3, -0.25) is 10.1 Å². The molecular formula is C21H11ClF6N2O3. The Hall–Kier alpha value is -3.73. The largest absolute Gasteiger partial charge is 0.452 e. The summed E-state index contributed by atoms with van der Waals surface area (Å²) in [5, 5.41) is 2.68. The second-order valence-corrected chi connectivity index (χ2v) is 6.84. The molecule has 0 saturated heterocycles. The van der Waals surface area contributed by atoms with Gasteiger partial charge in [-0.1, -0.05) is 17.7 Å². The van der Waals surface area contributed by atoms with Crippen LogP contribution in [0, 0.1) is 41.8 Å². The third-order valence-corrected chi connectivity index (χ3v) is 4.61. The average Bonchev–Trinajstić information content (AvgIpc) is 2.75. The smallest absolute Gasteiger partial charge is 0.326 e. The Morgan fingerprint density at radius 3 is 2.12 bits per heavy atom. The van der Waals surface area contributed by atoms with Gasteiger partial charge in [0, 0.05) is 11.6 Å². The average molecular weight is 489 g/mol. The summed E-state index contributed by atoms with van der Waals surface area (Å²) in [5.74, 6) is -10.9. The Morgan fingerprint density at radius 1 is 0.879 bits per heavy atom. The zero-order valence-electron chi connectivity index (χ0n) is 16.3. The van der Waals surface area contributed by atoms with Gasteiger partial charge in [-0.15, -0.1) is 0 Å². The summed E-state index contributed by atoms with van der Waals surface area (Å²) in [6.45, 7) is 0.958. The zero-order chi connectivity index (χ0) is 24.4. The highest BCUT2D eigenvalue weighted by Gasteiger charge is 2.24. The van der Waals surface area contributed by atoms with Gasteiger partial charge in [0.25, 0.3) is 5.91 Å². The number of carbonyl (C=O) groups is 2. The minimum Gasteiger partial charge on any atom is -0.452 e. The Labute approximate surface area is 186 Å². The maximum absolute atomic E-state index is 14.3. The number of hydrogen-bond donors (Lipinski definition) is 2. The molecular weight excluding hydrogens is 478 g/mol. The van der Waals surface area contributed by atoms with Gasteiger partial charge in [0.15, 0.2) is 17.4 Å². The molecule has 0 spiro atoms. The number of hydrogen-bond acceptors (Lipinski definition) is 3. The molecule has 3 amide bonds. The number of carbonyl (C=O) groups excluding carboxylic acids is 2. The number of nitrogens with one attached hydrogen (secondary N) is 2. The van der Waals surface area contributed by atoms with Crippen LogP contribution in [0.5, 0.6) is 11.5 Å². The standard InChI is InChI=1S/C21H11ClF6N2O3/c1-8-16(26)15(22)19(18(28)17(8)27)33-9-5-6-13(12(25)7-9)29-21(32)30-20(31)14-10(23)3-2-4-11(14)24/h2-7H,1H3,(H2,29,30,31,32). The number of rotatable bonds is 4. The molecule has 3 aromatic rings. The monoisotopic (exact) mass is 488 g/mol. The lowest BCUT2D eigenvalue weighted by atomic mass is 10.2. The van der Waals surface area contributed by atoms with Crippen LogP contribution in [0.3, 0.4) is 0 Å². The topological polar surface area (TPSA) is 67.4 Å². The molecule has 0 saturated carbocycles. The fourth-order valence-corrected chi connectivity index (χ4v) is 2.89. The van der Waals surface area contributed by atoms with Crippen molar-refractivity contribution in [3.8, 4) is 11.5 Å². The molecule has 0 aliphatic rings. The Kier molecular flexibility index (Phi) is 6.82. The second kappa shape index (κ2) is 9.41. The number of amides is 3. The Bertz CT molecular complexity index is 1240. The Morgan fingerprint density at radius 2 is 1.52 bits per heavy atom. The molecule has 3 aromatic carbocycles. The quantitative estimate of drug-likeness (QED) is 0.337. The number of urea groups is 1. The summed E-state index contributed by atoms with van der Waals surface area (Å²) >= 11 is 5.64. The highest BCUT2D eigenvalue weighted by molar-refractivity contribution is 6.32. The zero-order valence-corrected chi connectivity index (χ0v) is 17.1. The molecule has 5 nitrogen and oxygen atoms in total. The van der Waals surface area contributed by atoms with E-state index < -0.39 is 80.2 Å². The van der Waals surface area contributed by atoms with Gasteiger partial charge in [-0.2, -0.15) is 4.39 Å². The van der Waals surface area contributed by atoms with E-state index in [9.17, 15) is 35.9 Å². The van der Waals surface area contributed by atoms with Gasteiger partial charge >= 0.3 is 6.03 Å². The summed E-state index contributed by atoms with van der Waals surface area (Å²) < 4.78 is 88.2. The fourth-order valence-electron chi connectivity index (χ4n) is 2.62. The number of anilines is 1. The van der Waals surface area contributed by atoms with Crippen LogP contribution in [0.2, 0.25) is 5.02 Å². The van der Waals surface area contributed by atoms with Gasteiger partial charge in [0.05, 0.1) is 5.69 Å². The normalized spacial score (nSPS) is 10.7. The first-order chi connectivity index (χ1) is 15.5. The SMILES string of the molecule is Cc1c(F)c(F)c(Oc2ccc(NC(=O)NC(=O)c3c(F)cccc3F)c(F)c2)c(Cl)c1F. The minimum atomic E-state index is -1.60. The maximum atomic E-state index is 14.3. The van der Waals surface area contributed by atoms with Crippen LogP contribution in [-0.4, -0.2) is 11.9 Å². The third-order valence-electron chi connectivity index (χ3n) is 4.27. The second-order valence-electron chi connectivity index (χ2n) is 6.46. The van der Waals surface area contributed by atoms with E-state index in [1.807, 2.05) is 5.32 Å². The lowest BCUT2D eigenvalue weighted by molar-refractivity contribution is 0.0959. The van der Waals surface area contributed by atoms with Crippen molar-refractivity contribution in [2.75, 3.05) is 5.32 Å². The molecule has 33 heavy (non-hydrogen) atoms. The molecule has 0 aliphatic heterocycles. The van der Waals surface area contributed by atoms with E-state index in [2.05, 4.69) is 0 Å². The first kappa shape index (κ1) is 23.9. The number of halogens is 7. The van der Waals surface area contributed by atoms with E-state index in [1.165, 1.54) is 0 Å². The summed E-state index contributed by atoms with van der Waals surface area (Å²) in [6, 6.07) is 3.81. The summed E-state index contributed by atoms with van der Waals surface area (Å²) in [5.41, 5.74) is -2.21. The van der Waals surface area contributed by atoms with Crippen LogP contribution in [0.25, 0.3) is 0 Å². The van der Waals surface area contributed by atoms with Crippen molar-refractivity contribution in [3.05, 3.63) is 87.5 Å². The molecule has 12 heteroatoms. The molecule has 0 fully saturated rings. The number of ether oxygens (including phenoxy) is 1. The van der Waals surface area contributed by atoms with E-state index >= 15 is 0 Å². The van der Waals surface area contributed by atoms with Crippen molar-refractivity contribution in [1.82, 2.24) is 5.32 Å². The summed E-state index contributed by atoms with van der Waals surface area (Å²) in [4.78, 5) is 23.8. The van der Waals surface area contributed by atoms with Crippen LogP contribution in [0.15, 0.2) is 36.4 Å². The molecule has 0 heterocycles. The first-order valence-electron chi connectivity index (χ1n) is 8.87. The van der Waals surface area contributed by atoms with Gasteiger partial charge in [0.2, 0.25) is 5.82 Å². The van der Waals surface area contributed by atoms with E-state index in [-0.39, 0.29) is 0 Å². The molecule has 0 bridgehead atoms. The minimum absolute atomic E-state index is 0.439. The van der Waals surface area contributed by atoms with Crippen molar-refractivity contribution < 1.29 is 40.7 Å². The highest BCUT2D eigenvalue weighted by atomic mass is 35.5. The number of imide groups is 1. The molecule has 172 valence electrons. The van der Waals surface area contributed by atoms with Gasteiger partial charge in [0.1, 0.15) is 33.8 Å². The van der Waals surface area contributed by atoms with Crippen molar-refractivity contribution in [3.63, 3.8) is 0 Å². The van der Waals surface area contributed by atoms with E-state index in [0.29, 0.717) is 6.07 Å². The van der Waals surface area contributed by atoms with Gasteiger partial charge < -0.3 is 10.1 Å². The summed E-state index contributed by atoms with van der Waals surface area (Å²) in [6.07, 6.45) is 0. The highest BCUT2D eigenvalue weighted by Crippen LogP contribution is 2.38. The van der Waals surface area contributed by atoms with Crippen molar-refractivity contribution in [2.24, 2.45) is 0 Å². The summed E-state index contributed by atoms with van der Waals surface area (Å²) in [7, 11) is 0. The Balaban J connectivity index is 1.75. The predicted molar refractivity (Wildman–Crippen MR) is 105 cm³/mol. The lowest BCUT2D eigenvalue weighted by Gasteiger charge is -2.13. The molecule has 0 unspecified atom stereocenters. The van der Waals surface area contributed by atoms with Crippen LogP contribution < -0.4 is 15.4 Å². The molecule has 2 N–H and O–H groups in total. The van der Waals surface area contributed by atoms with Crippen LogP contribution in [0.1, 0.15) is 15.9 Å². The number of benzene rings is 3. The first-order valence-corrected chi connectivity index (χ1v) is 9.25. The van der Waals surface area contributed by atoms with Gasteiger partial charge in [-0.25, -0.2) is 26.7 Å². The molecule has 0 atom stereocenters. The predicted octanol–water partition coefficient (Wildman–Crippen LogP) is 6.24. The van der Waals surface area contributed by atoms with Crippen molar-refractivity contribution in [1.29, 1.82) is 0 Å².